The molecule has 0 unspecified atom stereocenters. The van der Waals surface area contributed by atoms with Crippen molar-refractivity contribution in [2.75, 3.05) is 11.4 Å². The van der Waals surface area contributed by atoms with Crippen molar-refractivity contribution in [3.63, 3.8) is 0 Å². The van der Waals surface area contributed by atoms with Crippen LogP contribution >= 0.6 is 11.9 Å². The summed E-state index contributed by atoms with van der Waals surface area (Å²) in [5.41, 5.74) is 1.22. The van der Waals surface area contributed by atoms with E-state index >= 15 is 0 Å². The molecule has 1 aromatic heterocycles. The van der Waals surface area contributed by atoms with Gasteiger partial charge in [0.1, 0.15) is 11.6 Å². The summed E-state index contributed by atoms with van der Waals surface area (Å²) < 4.78 is 1.94. The van der Waals surface area contributed by atoms with Gasteiger partial charge in [0.2, 0.25) is 0 Å². The molecule has 3 nitrogen and oxygen atoms in total. The maximum atomic E-state index is 9.72. The van der Waals surface area contributed by atoms with Gasteiger partial charge in [-0.1, -0.05) is 25.1 Å². The Morgan fingerprint density at radius 1 is 1.22 bits per heavy atom. The minimum atomic E-state index is 0.291. The molecular weight excluding hydrogens is 244 g/mol. The maximum absolute atomic E-state index is 9.72. The molecule has 1 N–H and O–H groups in total. The molecule has 18 heavy (non-hydrogen) atoms. The zero-order valence-corrected chi connectivity index (χ0v) is 11.3. The van der Waals surface area contributed by atoms with Crippen LogP contribution in [-0.4, -0.2) is 17.1 Å². The van der Waals surface area contributed by atoms with E-state index in [2.05, 4.69) is 18.0 Å². The van der Waals surface area contributed by atoms with E-state index < -0.39 is 0 Å². The predicted molar refractivity (Wildman–Crippen MR) is 76.0 cm³/mol. The number of benzene rings is 1. The van der Waals surface area contributed by atoms with Crippen LogP contribution in [0, 0.1) is 0 Å². The number of hydrogen-bond acceptors (Lipinski definition) is 4. The predicted octanol–water partition coefficient (Wildman–Crippen LogP) is 3.49. The van der Waals surface area contributed by atoms with Crippen molar-refractivity contribution in [2.24, 2.45) is 0 Å². The number of phenolic OH excluding ortho intramolecular Hbond substituents is 1. The van der Waals surface area contributed by atoms with E-state index in [-0.39, 0.29) is 0 Å². The Labute approximate surface area is 112 Å². The van der Waals surface area contributed by atoms with E-state index in [1.54, 1.807) is 6.07 Å². The minimum absolute atomic E-state index is 0.291. The monoisotopic (exact) mass is 260 g/mol. The number of hydrogen-bond donors (Lipinski definition) is 1. The largest absolute Gasteiger partial charge is 0.507 e. The maximum Gasteiger partial charge on any atom is 0.138 e. The van der Waals surface area contributed by atoms with Gasteiger partial charge in [0.15, 0.2) is 0 Å². The topological polar surface area (TPSA) is 36.4 Å². The van der Waals surface area contributed by atoms with Gasteiger partial charge in [-0.05, 0) is 42.1 Å². The summed E-state index contributed by atoms with van der Waals surface area (Å²) in [6.07, 6.45) is 2.88. The molecule has 0 aliphatic heterocycles. The normalized spacial score (nSPS) is 10.3. The molecule has 0 bridgehead atoms. The summed E-state index contributed by atoms with van der Waals surface area (Å²) in [6.45, 7) is 2.11. The Bertz CT molecular complexity index is 513. The second-order valence-electron chi connectivity index (χ2n) is 3.93. The van der Waals surface area contributed by atoms with Gasteiger partial charge in [-0.15, -0.1) is 0 Å². The summed E-state index contributed by atoms with van der Waals surface area (Å²) in [4.78, 5) is 5.22. The van der Waals surface area contributed by atoms with E-state index in [4.69, 9.17) is 0 Å². The van der Waals surface area contributed by atoms with Crippen LogP contribution in [0.15, 0.2) is 47.5 Å². The Morgan fingerprint density at radius 2 is 2.00 bits per heavy atom. The zero-order valence-electron chi connectivity index (χ0n) is 10.5. The van der Waals surface area contributed by atoms with Gasteiger partial charge < -0.3 is 5.11 Å². The highest BCUT2D eigenvalue weighted by molar-refractivity contribution is 8.00. The number of rotatable bonds is 4. The Kier molecular flexibility index (Phi) is 4.10. The van der Waals surface area contributed by atoms with Crippen LogP contribution in [0.1, 0.15) is 12.5 Å². The third-order valence-corrected chi connectivity index (χ3v) is 3.64. The van der Waals surface area contributed by atoms with Gasteiger partial charge in [0.25, 0.3) is 0 Å². The first-order chi connectivity index (χ1) is 8.70. The summed E-state index contributed by atoms with van der Waals surface area (Å²) in [5, 5.41) is 9.72. The summed E-state index contributed by atoms with van der Waals surface area (Å²) in [6, 6.07) is 11.4. The molecule has 1 heterocycles. The molecule has 0 fully saturated rings. The van der Waals surface area contributed by atoms with Crippen molar-refractivity contribution in [3.8, 4) is 5.75 Å². The fourth-order valence-corrected chi connectivity index (χ4v) is 2.34. The van der Waals surface area contributed by atoms with Gasteiger partial charge in [-0.25, -0.2) is 4.98 Å². The highest BCUT2D eigenvalue weighted by Crippen LogP contribution is 2.31. The SMILES string of the molecule is CCc1ccc(N(C)Sc2ccccc2O)nc1. The first-order valence-electron chi connectivity index (χ1n) is 5.85. The molecule has 0 spiro atoms. The van der Waals surface area contributed by atoms with Crippen LogP contribution in [-0.2, 0) is 6.42 Å². The average molecular weight is 260 g/mol. The highest BCUT2D eigenvalue weighted by Gasteiger charge is 2.07. The van der Waals surface area contributed by atoms with E-state index in [1.165, 1.54) is 17.5 Å². The van der Waals surface area contributed by atoms with Crippen molar-refractivity contribution >= 4 is 17.8 Å². The lowest BCUT2D eigenvalue weighted by atomic mass is 10.2. The van der Waals surface area contributed by atoms with Gasteiger partial charge in [-0.2, -0.15) is 0 Å². The highest BCUT2D eigenvalue weighted by atomic mass is 32.2. The summed E-state index contributed by atoms with van der Waals surface area (Å²) >= 11 is 1.46. The lowest BCUT2D eigenvalue weighted by Gasteiger charge is -2.17. The third kappa shape index (κ3) is 2.96. The number of nitrogens with zero attached hydrogens (tertiary/aromatic N) is 2. The van der Waals surface area contributed by atoms with Crippen LogP contribution in [0.2, 0.25) is 0 Å². The third-order valence-electron chi connectivity index (χ3n) is 2.64. The van der Waals surface area contributed by atoms with Crippen LogP contribution in [0.4, 0.5) is 5.82 Å². The molecule has 0 radical (unpaired) electrons. The second-order valence-corrected chi connectivity index (χ2v) is 5.10. The zero-order chi connectivity index (χ0) is 13.0. The molecule has 0 aliphatic rings. The number of anilines is 1. The Hall–Kier alpha value is -1.68. The fraction of sp³-hybridized carbons (Fsp3) is 0.214. The van der Waals surface area contributed by atoms with Gasteiger partial charge in [0, 0.05) is 13.2 Å². The average Bonchev–Trinajstić information content (AvgIpc) is 2.41. The molecule has 2 aromatic rings. The number of para-hydroxylation sites is 1. The molecule has 0 saturated carbocycles. The van der Waals surface area contributed by atoms with E-state index in [0.29, 0.717) is 5.75 Å². The lowest BCUT2D eigenvalue weighted by Crippen LogP contribution is -2.08. The van der Waals surface area contributed by atoms with E-state index in [1.807, 2.05) is 41.8 Å². The standard InChI is InChI=1S/C14H16N2OS/c1-3-11-8-9-14(15-10-11)16(2)18-13-7-5-4-6-12(13)17/h4-10,17H,3H2,1-2H3. The van der Waals surface area contributed by atoms with Crippen molar-refractivity contribution < 1.29 is 5.11 Å². The number of phenols is 1. The molecule has 1 aromatic carbocycles. The number of aryl methyl sites for hydroxylation is 1. The van der Waals surface area contributed by atoms with Crippen LogP contribution in [0.5, 0.6) is 5.75 Å². The summed E-state index contributed by atoms with van der Waals surface area (Å²) in [5.74, 6) is 1.17. The Balaban J connectivity index is 2.11. The molecule has 0 amide bonds. The van der Waals surface area contributed by atoms with Gasteiger partial charge in [-0.3, -0.25) is 4.31 Å². The molecule has 4 heteroatoms. The second kappa shape index (κ2) is 5.78. The lowest BCUT2D eigenvalue weighted by molar-refractivity contribution is 0.462. The number of aromatic nitrogens is 1. The van der Waals surface area contributed by atoms with Gasteiger partial charge in [0.05, 0.1) is 4.90 Å². The Morgan fingerprint density at radius 3 is 2.61 bits per heavy atom. The van der Waals surface area contributed by atoms with E-state index in [9.17, 15) is 5.11 Å². The first kappa shape index (κ1) is 12.8. The van der Waals surface area contributed by atoms with Crippen LogP contribution in [0.25, 0.3) is 0 Å². The van der Waals surface area contributed by atoms with Crippen molar-refractivity contribution in [1.82, 2.24) is 4.98 Å². The molecule has 2 rings (SSSR count). The molecule has 0 atom stereocenters. The smallest absolute Gasteiger partial charge is 0.138 e. The summed E-state index contributed by atoms with van der Waals surface area (Å²) in [7, 11) is 1.94. The number of aromatic hydroxyl groups is 1. The minimum Gasteiger partial charge on any atom is -0.507 e. The fourth-order valence-electron chi connectivity index (χ4n) is 1.54. The van der Waals surface area contributed by atoms with Crippen LogP contribution < -0.4 is 4.31 Å². The van der Waals surface area contributed by atoms with Crippen molar-refractivity contribution in [1.29, 1.82) is 0 Å². The molecule has 94 valence electrons. The molecule has 0 saturated heterocycles. The molecular formula is C14H16N2OS. The van der Waals surface area contributed by atoms with Crippen LogP contribution in [0.3, 0.4) is 0 Å². The first-order valence-corrected chi connectivity index (χ1v) is 6.62. The quantitative estimate of drug-likeness (QED) is 0.854. The number of pyridine rings is 1. The van der Waals surface area contributed by atoms with Gasteiger partial charge >= 0.3 is 0 Å². The van der Waals surface area contributed by atoms with Crippen molar-refractivity contribution in [2.45, 2.75) is 18.2 Å². The molecule has 0 aliphatic carbocycles. The van der Waals surface area contributed by atoms with Crippen molar-refractivity contribution in [3.05, 3.63) is 48.2 Å². The van der Waals surface area contributed by atoms with E-state index in [0.717, 1.165) is 17.1 Å².